The molecular formula is C9H15N3O2S. The molecule has 0 unspecified atom stereocenters. The van der Waals surface area contributed by atoms with Crippen LogP contribution in [0.1, 0.15) is 16.9 Å². The van der Waals surface area contributed by atoms with E-state index in [0.717, 1.165) is 18.7 Å². The quantitative estimate of drug-likeness (QED) is 0.602. The van der Waals surface area contributed by atoms with E-state index in [1.54, 1.807) is 22.7 Å². The Morgan fingerprint density at radius 3 is 3.07 bits per heavy atom. The summed E-state index contributed by atoms with van der Waals surface area (Å²) in [5.74, 6) is 0.949. The zero-order chi connectivity index (χ0) is 11.3. The second kappa shape index (κ2) is 5.65. The molecule has 0 bridgehead atoms. The van der Waals surface area contributed by atoms with Crippen LogP contribution in [0, 0.1) is 0 Å². The SMILES string of the molecule is COC(=O)c1ncn(CCCSC)c1N. The number of aryl methyl sites for hydroxylation is 1. The highest BCUT2D eigenvalue weighted by molar-refractivity contribution is 7.98. The first-order valence-corrected chi connectivity index (χ1v) is 5.98. The molecule has 0 saturated carbocycles. The summed E-state index contributed by atoms with van der Waals surface area (Å²) in [6, 6.07) is 0. The van der Waals surface area contributed by atoms with Crippen LogP contribution in [0.25, 0.3) is 0 Å². The molecule has 0 spiro atoms. The molecule has 5 nitrogen and oxygen atoms in total. The fourth-order valence-electron chi connectivity index (χ4n) is 1.20. The van der Waals surface area contributed by atoms with Crippen LogP contribution in [-0.2, 0) is 11.3 Å². The van der Waals surface area contributed by atoms with Gasteiger partial charge in [-0.2, -0.15) is 11.8 Å². The van der Waals surface area contributed by atoms with Crippen LogP contribution >= 0.6 is 11.8 Å². The number of methoxy groups -OCH3 is 1. The summed E-state index contributed by atoms with van der Waals surface area (Å²) in [6.07, 6.45) is 4.63. The first-order valence-electron chi connectivity index (χ1n) is 4.58. The van der Waals surface area contributed by atoms with Crippen molar-refractivity contribution in [3.8, 4) is 0 Å². The molecule has 15 heavy (non-hydrogen) atoms. The number of ether oxygens (including phenoxy) is 1. The Labute approximate surface area is 93.0 Å². The number of nitrogen functional groups attached to an aromatic ring is 1. The number of carbonyl (C=O) groups is 1. The zero-order valence-electron chi connectivity index (χ0n) is 8.90. The standard InChI is InChI=1S/C9H15N3O2S/c1-14-9(13)7-8(10)12(6-11-7)4-3-5-15-2/h6H,3-5,10H2,1-2H3. The van der Waals surface area contributed by atoms with E-state index in [1.165, 1.54) is 7.11 Å². The van der Waals surface area contributed by atoms with Crippen LogP contribution in [0.15, 0.2) is 6.33 Å². The van der Waals surface area contributed by atoms with Gasteiger partial charge in [-0.15, -0.1) is 0 Å². The Balaban J connectivity index is 2.67. The van der Waals surface area contributed by atoms with Crippen LogP contribution in [0.3, 0.4) is 0 Å². The van der Waals surface area contributed by atoms with Gasteiger partial charge in [-0.1, -0.05) is 0 Å². The lowest BCUT2D eigenvalue weighted by atomic mass is 10.4. The van der Waals surface area contributed by atoms with Crippen molar-refractivity contribution >= 4 is 23.5 Å². The number of anilines is 1. The maximum atomic E-state index is 11.2. The number of rotatable bonds is 5. The van der Waals surface area contributed by atoms with Gasteiger partial charge in [0.05, 0.1) is 13.4 Å². The molecule has 0 saturated heterocycles. The van der Waals surface area contributed by atoms with Crippen molar-refractivity contribution in [3.05, 3.63) is 12.0 Å². The monoisotopic (exact) mass is 229 g/mol. The molecule has 0 aliphatic carbocycles. The lowest BCUT2D eigenvalue weighted by molar-refractivity contribution is 0.0596. The van der Waals surface area contributed by atoms with Gasteiger partial charge < -0.3 is 15.0 Å². The second-order valence-electron chi connectivity index (χ2n) is 3.01. The van der Waals surface area contributed by atoms with E-state index in [1.807, 2.05) is 0 Å². The van der Waals surface area contributed by atoms with Gasteiger partial charge in [0.15, 0.2) is 5.69 Å². The van der Waals surface area contributed by atoms with Crippen molar-refractivity contribution in [1.82, 2.24) is 9.55 Å². The van der Waals surface area contributed by atoms with Gasteiger partial charge >= 0.3 is 5.97 Å². The molecule has 2 N–H and O–H groups in total. The number of aromatic nitrogens is 2. The van der Waals surface area contributed by atoms with Crippen LogP contribution in [0.2, 0.25) is 0 Å². The number of imidazole rings is 1. The van der Waals surface area contributed by atoms with E-state index in [0.29, 0.717) is 5.82 Å². The van der Waals surface area contributed by atoms with E-state index in [4.69, 9.17) is 5.73 Å². The molecule has 0 aromatic carbocycles. The summed E-state index contributed by atoms with van der Waals surface area (Å²) in [7, 11) is 1.31. The van der Waals surface area contributed by atoms with Crippen molar-refractivity contribution in [2.45, 2.75) is 13.0 Å². The average molecular weight is 229 g/mol. The molecule has 84 valence electrons. The van der Waals surface area contributed by atoms with Crippen LogP contribution in [0.5, 0.6) is 0 Å². The van der Waals surface area contributed by atoms with Gasteiger partial charge in [0.2, 0.25) is 0 Å². The van der Waals surface area contributed by atoms with Gasteiger partial charge in [-0.25, -0.2) is 9.78 Å². The molecule has 0 fully saturated rings. The van der Waals surface area contributed by atoms with Gasteiger partial charge in [0.1, 0.15) is 5.82 Å². The van der Waals surface area contributed by atoms with Gasteiger partial charge in [-0.3, -0.25) is 0 Å². The van der Waals surface area contributed by atoms with Crippen molar-refractivity contribution in [2.24, 2.45) is 0 Å². The molecule has 0 radical (unpaired) electrons. The highest BCUT2D eigenvalue weighted by Gasteiger charge is 2.15. The summed E-state index contributed by atoms with van der Waals surface area (Å²) < 4.78 is 6.32. The molecule has 6 heteroatoms. The first-order chi connectivity index (χ1) is 7.20. The largest absolute Gasteiger partial charge is 0.464 e. The maximum absolute atomic E-state index is 11.2. The van der Waals surface area contributed by atoms with E-state index in [-0.39, 0.29) is 5.69 Å². The minimum Gasteiger partial charge on any atom is -0.464 e. The number of carbonyl (C=O) groups excluding carboxylic acids is 1. The van der Waals surface area contributed by atoms with E-state index >= 15 is 0 Å². The average Bonchev–Trinajstić information content (AvgIpc) is 2.60. The summed E-state index contributed by atoms with van der Waals surface area (Å²) in [5.41, 5.74) is 5.95. The Bertz CT molecular complexity index is 338. The molecule has 0 atom stereocenters. The number of nitrogens with two attached hydrogens (primary N) is 1. The molecular weight excluding hydrogens is 214 g/mol. The van der Waals surface area contributed by atoms with Crippen molar-refractivity contribution < 1.29 is 9.53 Å². The third kappa shape index (κ3) is 2.89. The molecule has 0 aliphatic rings. The first kappa shape index (κ1) is 11.9. The molecule has 1 rings (SSSR count). The molecule has 0 aliphatic heterocycles. The predicted molar refractivity (Wildman–Crippen MR) is 61.0 cm³/mol. The normalized spacial score (nSPS) is 10.3. The topological polar surface area (TPSA) is 70.1 Å². The van der Waals surface area contributed by atoms with E-state index in [2.05, 4.69) is 16.0 Å². The third-order valence-corrected chi connectivity index (χ3v) is 2.70. The zero-order valence-corrected chi connectivity index (χ0v) is 9.71. The molecule has 1 aromatic heterocycles. The predicted octanol–water partition coefficient (Wildman–Crippen LogP) is 1.01. The van der Waals surface area contributed by atoms with Crippen LogP contribution in [0.4, 0.5) is 5.82 Å². The minimum atomic E-state index is -0.490. The number of thioether (sulfide) groups is 1. The lowest BCUT2D eigenvalue weighted by Gasteiger charge is -2.04. The third-order valence-electron chi connectivity index (χ3n) is 2.00. The Kier molecular flexibility index (Phi) is 4.48. The van der Waals surface area contributed by atoms with Crippen molar-refractivity contribution in [3.63, 3.8) is 0 Å². The summed E-state index contributed by atoms with van der Waals surface area (Å²) >= 11 is 1.78. The van der Waals surface area contributed by atoms with Crippen molar-refractivity contribution in [1.29, 1.82) is 0 Å². The fourth-order valence-corrected chi connectivity index (χ4v) is 1.62. The van der Waals surface area contributed by atoms with E-state index < -0.39 is 5.97 Å². The highest BCUT2D eigenvalue weighted by atomic mass is 32.2. The molecule has 1 aromatic rings. The van der Waals surface area contributed by atoms with Gasteiger partial charge in [-0.05, 0) is 18.4 Å². The molecule has 1 heterocycles. The molecule has 0 amide bonds. The maximum Gasteiger partial charge on any atom is 0.360 e. The summed E-state index contributed by atoms with van der Waals surface area (Å²) in [4.78, 5) is 15.1. The number of esters is 1. The number of hydrogen-bond acceptors (Lipinski definition) is 5. The lowest BCUT2D eigenvalue weighted by Crippen LogP contribution is -2.08. The minimum absolute atomic E-state index is 0.196. The number of nitrogens with zero attached hydrogens (tertiary/aromatic N) is 2. The summed E-state index contributed by atoms with van der Waals surface area (Å²) in [5, 5.41) is 0. The Hall–Kier alpha value is -1.17. The fraction of sp³-hybridized carbons (Fsp3) is 0.556. The highest BCUT2D eigenvalue weighted by Crippen LogP contribution is 2.12. The van der Waals surface area contributed by atoms with E-state index in [9.17, 15) is 4.79 Å². The van der Waals surface area contributed by atoms with Crippen LogP contribution < -0.4 is 5.73 Å². The summed E-state index contributed by atoms with van der Waals surface area (Å²) in [6.45, 7) is 0.774. The van der Waals surface area contributed by atoms with Crippen molar-refractivity contribution in [2.75, 3.05) is 24.9 Å². The Morgan fingerprint density at radius 1 is 1.73 bits per heavy atom. The van der Waals surface area contributed by atoms with Crippen LogP contribution in [-0.4, -0.2) is 34.6 Å². The van der Waals surface area contributed by atoms with Gasteiger partial charge in [0.25, 0.3) is 0 Å². The smallest absolute Gasteiger partial charge is 0.360 e. The second-order valence-corrected chi connectivity index (χ2v) is 4.00. The Morgan fingerprint density at radius 2 is 2.47 bits per heavy atom. The van der Waals surface area contributed by atoms with Gasteiger partial charge in [0, 0.05) is 6.54 Å². The number of hydrogen-bond donors (Lipinski definition) is 1.